The lowest BCUT2D eigenvalue weighted by Gasteiger charge is -2.13. The second kappa shape index (κ2) is 6.17. The zero-order valence-electron chi connectivity index (χ0n) is 11.1. The van der Waals surface area contributed by atoms with E-state index in [0.717, 1.165) is 6.42 Å². The van der Waals surface area contributed by atoms with E-state index in [0.29, 0.717) is 13.1 Å². The van der Waals surface area contributed by atoms with Gasteiger partial charge < -0.3 is 15.4 Å². The van der Waals surface area contributed by atoms with Crippen LogP contribution >= 0.6 is 0 Å². The predicted molar refractivity (Wildman–Crippen MR) is 71.3 cm³/mol. The first-order valence-corrected chi connectivity index (χ1v) is 6.42. The molecule has 1 saturated heterocycles. The molecule has 1 aliphatic rings. The van der Waals surface area contributed by atoms with Crippen molar-refractivity contribution in [2.24, 2.45) is 5.73 Å². The number of alkyl halides is 3. The smallest absolute Gasteiger partial charge is 0.405 e. The molecule has 1 heterocycles. The Balaban J connectivity index is 2.08. The van der Waals surface area contributed by atoms with Crippen molar-refractivity contribution < 1.29 is 22.7 Å². The topological polar surface area (TPSA) is 55.6 Å². The third-order valence-corrected chi connectivity index (χ3v) is 3.09. The van der Waals surface area contributed by atoms with Gasteiger partial charge in [0.2, 0.25) is 5.91 Å². The fourth-order valence-corrected chi connectivity index (χ4v) is 2.09. The van der Waals surface area contributed by atoms with Crippen LogP contribution in [0.2, 0.25) is 0 Å². The third-order valence-electron chi connectivity index (χ3n) is 3.09. The average Bonchev–Trinajstić information content (AvgIpc) is 2.82. The van der Waals surface area contributed by atoms with E-state index < -0.39 is 6.36 Å². The molecular weight excluding hydrogens is 285 g/mol. The van der Waals surface area contributed by atoms with E-state index in [1.807, 2.05) is 0 Å². The number of halogens is 3. The maximum atomic E-state index is 12.3. The Morgan fingerprint density at radius 2 is 2.10 bits per heavy atom. The van der Waals surface area contributed by atoms with Crippen molar-refractivity contribution in [1.82, 2.24) is 4.90 Å². The molecule has 0 bridgehead atoms. The highest BCUT2D eigenvalue weighted by molar-refractivity contribution is 5.92. The van der Waals surface area contributed by atoms with Gasteiger partial charge in [-0.05, 0) is 18.6 Å². The van der Waals surface area contributed by atoms with Gasteiger partial charge in [-0.25, -0.2) is 0 Å². The van der Waals surface area contributed by atoms with Crippen molar-refractivity contribution in [2.45, 2.75) is 18.8 Å². The molecule has 1 atom stereocenters. The van der Waals surface area contributed by atoms with Gasteiger partial charge in [-0.3, -0.25) is 4.79 Å². The summed E-state index contributed by atoms with van der Waals surface area (Å²) in [5.41, 5.74) is 5.89. The second-order valence-electron chi connectivity index (χ2n) is 4.75. The summed E-state index contributed by atoms with van der Waals surface area (Å²) in [4.78, 5) is 13.4. The van der Waals surface area contributed by atoms with Gasteiger partial charge in [-0.15, -0.1) is 13.2 Å². The van der Waals surface area contributed by atoms with Gasteiger partial charge in [-0.1, -0.05) is 18.2 Å². The zero-order chi connectivity index (χ0) is 15.5. The molecule has 21 heavy (non-hydrogen) atoms. The van der Waals surface area contributed by atoms with E-state index >= 15 is 0 Å². The number of likely N-dealkylation sites (tertiary alicyclic amines) is 1. The van der Waals surface area contributed by atoms with Crippen LogP contribution in [0.5, 0.6) is 5.75 Å². The van der Waals surface area contributed by atoms with Crippen molar-refractivity contribution in [1.29, 1.82) is 0 Å². The number of rotatable bonds is 3. The van der Waals surface area contributed by atoms with Crippen molar-refractivity contribution in [3.63, 3.8) is 0 Å². The lowest BCUT2D eigenvalue weighted by Crippen LogP contribution is -2.30. The predicted octanol–water partition coefficient (Wildman–Crippen LogP) is 2.16. The summed E-state index contributed by atoms with van der Waals surface area (Å²) in [5, 5.41) is 0. The van der Waals surface area contributed by atoms with Crippen LogP contribution in [0.4, 0.5) is 13.2 Å². The molecular formula is C14H15F3N2O2. The number of hydrogen-bond acceptors (Lipinski definition) is 3. The van der Waals surface area contributed by atoms with Crippen LogP contribution in [0, 0.1) is 0 Å². The van der Waals surface area contributed by atoms with Crippen molar-refractivity contribution in [3.8, 4) is 5.75 Å². The molecule has 1 aliphatic heterocycles. The number of hydrogen-bond donors (Lipinski definition) is 1. The Labute approximate surface area is 120 Å². The Kier molecular flexibility index (Phi) is 4.52. The van der Waals surface area contributed by atoms with Gasteiger partial charge in [0.25, 0.3) is 0 Å². The molecule has 0 aromatic heterocycles. The summed E-state index contributed by atoms with van der Waals surface area (Å²) in [6.45, 7) is 1.02. The Morgan fingerprint density at radius 3 is 2.71 bits per heavy atom. The lowest BCUT2D eigenvalue weighted by atomic mass is 10.2. The van der Waals surface area contributed by atoms with E-state index in [1.165, 1.54) is 30.4 Å². The summed E-state index contributed by atoms with van der Waals surface area (Å²) in [5.74, 6) is -0.614. The standard InChI is InChI=1S/C14H15F3N2O2/c15-14(16,17)21-12-4-2-1-3-10(12)5-6-13(20)19-8-7-11(18)9-19/h1-6,11H,7-9,18H2/b6-5+/t11-/m1/s1. The minimum absolute atomic E-state index is 0.0387. The molecule has 2 rings (SSSR count). The summed E-state index contributed by atoms with van der Waals surface area (Å²) in [6.07, 6.45) is -1.49. The number of nitrogens with two attached hydrogens (primary N) is 1. The van der Waals surface area contributed by atoms with Crippen LogP contribution in [0.1, 0.15) is 12.0 Å². The summed E-state index contributed by atoms with van der Waals surface area (Å²) >= 11 is 0. The van der Waals surface area contributed by atoms with Crippen molar-refractivity contribution >= 4 is 12.0 Å². The summed E-state index contributed by atoms with van der Waals surface area (Å²) < 4.78 is 40.7. The van der Waals surface area contributed by atoms with Gasteiger partial charge >= 0.3 is 6.36 Å². The Bertz CT molecular complexity index is 543. The Hall–Kier alpha value is -2.02. The van der Waals surface area contributed by atoms with Gasteiger partial charge in [0.1, 0.15) is 5.75 Å². The lowest BCUT2D eigenvalue weighted by molar-refractivity contribution is -0.274. The first-order valence-electron chi connectivity index (χ1n) is 6.42. The summed E-state index contributed by atoms with van der Waals surface area (Å²) in [6, 6.07) is 5.60. The minimum atomic E-state index is -4.77. The number of para-hydroxylation sites is 1. The zero-order valence-corrected chi connectivity index (χ0v) is 11.1. The van der Waals surface area contributed by atoms with Crippen LogP contribution in [0.3, 0.4) is 0 Å². The van der Waals surface area contributed by atoms with E-state index in [-0.39, 0.29) is 23.3 Å². The number of carbonyl (C=O) groups is 1. The normalized spacial score (nSPS) is 19.2. The molecule has 1 fully saturated rings. The molecule has 0 spiro atoms. The van der Waals surface area contributed by atoms with E-state index in [4.69, 9.17) is 5.73 Å². The quantitative estimate of drug-likeness (QED) is 0.870. The highest BCUT2D eigenvalue weighted by atomic mass is 19.4. The van der Waals surface area contributed by atoms with Gasteiger partial charge in [0.05, 0.1) is 0 Å². The number of carbonyl (C=O) groups excluding carboxylic acids is 1. The molecule has 0 aliphatic carbocycles. The van der Waals surface area contributed by atoms with E-state index in [1.54, 1.807) is 11.0 Å². The number of ether oxygens (including phenoxy) is 1. The molecule has 1 aromatic rings. The van der Waals surface area contributed by atoms with Crippen LogP contribution in [0.15, 0.2) is 30.3 Å². The molecule has 1 amide bonds. The summed E-state index contributed by atoms with van der Waals surface area (Å²) in [7, 11) is 0. The maximum Gasteiger partial charge on any atom is 0.573 e. The molecule has 0 unspecified atom stereocenters. The van der Waals surface area contributed by atoms with Crippen molar-refractivity contribution in [3.05, 3.63) is 35.9 Å². The largest absolute Gasteiger partial charge is 0.573 e. The van der Waals surface area contributed by atoms with Crippen LogP contribution < -0.4 is 10.5 Å². The monoisotopic (exact) mass is 300 g/mol. The molecule has 4 nitrogen and oxygen atoms in total. The van der Waals surface area contributed by atoms with Crippen LogP contribution in [-0.4, -0.2) is 36.3 Å². The molecule has 1 aromatic carbocycles. The highest BCUT2D eigenvalue weighted by Gasteiger charge is 2.31. The first kappa shape index (κ1) is 15.4. The van der Waals surface area contributed by atoms with Crippen LogP contribution in [0.25, 0.3) is 6.08 Å². The fourth-order valence-electron chi connectivity index (χ4n) is 2.09. The first-order chi connectivity index (χ1) is 9.85. The molecule has 7 heteroatoms. The number of benzene rings is 1. The van der Waals surface area contributed by atoms with E-state index in [9.17, 15) is 18.0 Å². The minimum Gasteiger partial charge on any atom is -0.405 e. The van der Waals surface area contributed by atoms with Gasteiger partial charge in [-0.2, -0.15) is 0 Å². The fraction of sp³-hybridized carbons (Fsp3) is 0.357. The average molecular weight is 300 g/mol. The van der Waals surface area contributed by atoms with Gasteiger partial charge in [0.15, 0.2) is 0 Å². The Morgan fingerprint density at radius 1 is 1.38 bits per heavy atom. The van der Waals surface area contributed by atoms with Crippen LogP contribution in [-0.2, 0) is 4.79 Å². The number of nitrogens with zero attached hydrogens (tertiary/aromatic N) is 1. The molecule has 0 radical (unpaired) electrons. The van der Waals surface area contributed by atoms with Gasteiger partial charge in [0, 0.05) is 30.8 Å². The van der Waals surface area contributed by atoms with E-state index in [2.05, 4.69) is 4.74 Å². The van der Waals surface area contributed by atoms with Crippen molar-refractivity contribution in [2.75, 3.05) is 13.1 Å². The molecule has 2 N–H and O–H groups in total. The third kappa shape index (κ3) is 4.49. The number of amides is 1. The molecule has 114 valence electrons. The second-order valence-corrected chi connectivity index (χ2v) is 4.75. The SMILES string of the molecule is N[C@@H]1CCN(C(=O)/C=C/c2ccccc2OC(F)(F)F)C1. The molecule has 0 saturated carbocycles. The maximum absolute atomic E-state index is 12.3. The highest BCUT2D eigenvalue weighted by Crippen LogP contribution is 2.27.